The van der Waals surface area contributed by atoms with Crippen LogP contribution >= 0.6 is 0 Å². The molecule has 0 fully saturated rings. The minimum atomic E-state index is -0.253. The van der Waals surface area contributed by atoms with E-state index in [1.807, 2.05) is 0 Å². The molecule has 6 nitrogen and oxygen atoms in total. The third-order valence-corrected chi connectivity index (χ3v) is 1.53. The van der Waals surface area contributed by atoms with Crippen molar-refractivity contribution in [1.82, 2.24) is 20.3 Å². The Morgan fingerprint density at radius 1 is 1.71 bits per heavy atom. The van der Waals surface area contributed by atoms with Crippen molar-refractivity contribution in [2.75, 3.05) is 13.2 Å². The molecule has 0 bridgehead atoms. The molecule has 1 aromatic heterocycles. The first-order valence-corrected chi connectivity index (χ1v) is 4.44. The third-order valence-electron chi connectivity index (χ3n) is 1.53. The van der Waals surface area contributed by atoms with Gasteiger partial charge in [-0.3, -0.25) is 9.48 Å². The molecule has 1 N–H and O–H groups in total. The molecule has 1 heterocycles. The van der Waals surface area contributed by atoms with Gasteiger partial charge in [0.05, 0.1) is 18.8 Å². The number of carbonyl (C=O) groups is 1. The second-order valence-electron chi connectivity index (χ2n) is 2.79. The zero-order chi connectivity index (χ0) is 10.4. The fourth-order valence-corrected chi connectivity index (χ4v) is 0.981. The van der Waals surface area contributed by atoms with Crippen LogP contribution in [0.25, 0.3) is 0 Å². The average Bonchev–Trinajstić information content (AvgIpc) is 2.52. The molecule has 0 aliphatic carbocycles. The largest absolute Gasteiger partial charge is 0.465 e. The summed E-state index contributed by atoms with van der Waals surface area (Å²) < 4.78 is 6.35. The molecule has 0 aliphatic heterocycles. The Labute approximate surface area is 82.2 Å². The third kappa shape index (κ3) is 3.53. The maximum absolute atomic E-state index is 10.9. The monoisotopic (exact) mass is 198 g/mol. The van der Waals surface area contributed by atoms with Crippen LogP contribution < -0.4 is 5.32 Å². The van der Waals surface area contributed by atoms with Crippen LogP contribution in [0, 0.1) is 0 Å². The Morgan fingerprint density at radius 2 is 2.50 bits per heavy atom. The second kappa shape index (κ2) is 5.33. The van der Waals surface area contributed by atoms with Crippen LogP contribution in [-0.2, 0) is 23.1 Å². The van der Waals surface area contributed by atoms with Gasteiger partial charge in [0, 0.05) is 19.8 Å². The van der Waals surface area contributed by atoms with Gasteiger partial charge in [0.2, 0.25) is 0 Å². The van der Waals surface area contributed by atoms with Crippen LogP contribution in [0.2, 0.25) is 0 Å². The van der Waals surface area contributed by atoms with Crippen molar-refractivity contribution >= 4 is 5.97 Å². The lowest BCUT2D eigenvalue weighted by Crippen LogP contribution is -2.24. The Balaban J connectivity index is 2.18. The molecule has 6 heteroatoms. The fraction of sp³-hybridized carbons (Fsp3) is 0.625. The molecule has 78 valence electrons. The molecule has 0 spiro atoms. The summed E-state index contributed by atoms with van der Waals surface area (Å²) in [5.74, 6) is -0.253. The SMILES string of the molecule is CCOC(=O)CNCc1cn(C)nn1. The lowest BCUT2D eigenvalue weighted by molar-refractivity contribution is -0.142. The highest BCUT2D eigenvalue weighted by Crippen LogP contribution is 1.89. The van der Waals surface area contributed by atoms with Gasteiger partial charge in [-0.2, -0.15) is 0 Å². The van der Waals surface area contributed by atoms with Gasteiger partial charge in [-0.15, -0.1) is 5.10 Å². The zero-order valence-corrected chi connectivity index (χ0v) is 8.36. The number of hydrogen-bond acceptors (Lipinski definition) is 5. The van der Waals surface area contributed by atoms with E-state index >= 15 is 0 Å². The predicted octanol–water partition coefficient (Wildman–Crippen LogP) is -0.532. The van der Waals surface area contributed by atoms with E-state index in [2.05, 4.69) is 15.6 Å². The standard InChI is InChI=1S/C8H14N4O2/c1-3-14-8(13)5-9-4-7-6-12(2)11-10-7/h6,9H,3-5H2,1-2H3. The molecular formula is C8H14N4O2. The van der Waals surface area contributed by atoms with Crippen molar-refractivity contribution in [3.05, 3.63) is 11.9 Å². The van der Waals surface area contributed by atoms with E-state index in [0.717, 1.165) is 5.69 Å². The number of nitrogens with one attached hydrogen (secondary N) is 1. The van der Waals surface area contributed by atoms with E-state index in [1.165, 1.54) is 0 Å². The van der Waals surface area contributed by atoms with Crippen LogP contribution in [0.1, 0.15) is 12.6 Å². The van der Waals surface area contributed by atoms with E-state index in [4.69, 9.17) is 4.74 Å². The van der Waals surface area contributed by atoms with Crippen molar-refractivity contribution < 1.29 is 9.53 Å². The van der Waals surface area contributed by atoms with E-state index in [1.54, 1.807) is 24.9 Å². The minimum Gasteiger partial charge on any atom is -0.465 e. The number of carbonyl (C=O) groups excluding carboxylic acids is 1. The first kappa shape index (κ1) is 10.6. The normalized spacial score (nSPS) is 10.1. The minimum absolute atomic E-state index is 0.199. The molecule has 0 saturated heterocycles. The van der Waals surface area contributed by atoms with E-state index in [-0.39, 0.29) is 12.5 Å². The topological polar surface area (TPSA) is 69.0 Å². The molecule has 1 rings (SSSR count). The van der Waals surface area contributed by atoms with Crippen LogP contribution in [0.15, 0.2) is 6.20 Å². The predicted molar refractivity (Wildman–Crippen MR) is 49.3 cm³/mol. The number of aryl methyl sites for hydroxylation is 1. The summed E-state index contributed by atoms with van der Waals surface area (Å²) in [6.45, 7) is 2.91. The molecule has 1 aromatic rings. The molecule has 0 atom stereocenters. The fourth-order valence-electron chi connectivity index (χ4n) is 0.981. The zero-order valence-electron chi connectivity index (χ0n) is 8.36. The number of nitrogens with zero attached hydrogens (tertiary/aromatic N) is 3. The summed E-state index contributed by atoms with van der Waals surface area (Å²) in [5, 5.41) is 10.5. The highest BCUT2D eigenvalue weighted by Gasteiger charge is 2.02. The smallest absolute Gasteiger partial charge is 0.319 e. The molecule has 0 unspecified atom stereocenters. The van der Waals surface area contributed by atoms with Crippen LogP contribution in [-0.4, -0.2) is 34.1 Å². The van der Waals surface area contributed by atoms with Gasteiger partial charge in [-0.1, -0.05) is 5.21 Å². The van der Waals surface area contributed by atoms with Crippen LogP contribution in [0.5, 0.6) is 0 Å². The van der Waals surface area contributed by atoms with Crippen LogP contribution in [0.3, 0.4) is 0 Å². The molecule has 0 saturated carbocycles. The second-order valence-corrected chi connectivity index (χ2v) is 2.79. The summed E-state index contributed by atoms with van der Waals surface area (Å²) in [6, 6.07) is 0. The van der Waals surface area contributed by atoms with Gasteiger partial charge in [0.25, 0.3) is 0 Å². The van der Waals surface area contributed by atoms with Crippen molar-refractivity contribution in [2.24, 2.45) is 7.05 Å². The number of ether oxygens (including phenoxy) is 1. The Kier molecular flexibility index (Phi) is 4.06. The number of rotatable bonds is 5. The van der Waals surface area contributed by atoms with Gasteiger partial charge >= 0.3 is 5.97 Å². The number of aromatic nitrogens is 3. The molecule has 0 aliphatic rings. The number of esters is 1. The van der Waals surface area contributed by atoms with Crippen molar-refractivity contribution in [1.29, 1.82) is 0 Å². The van der Waals surface area contributed by atoms with Crippen molar-refractivity contribution in [3.8, 4) is 0 Å². The summed E-state index contributed by atoms with van der Waals surface area (Å²) in [4.78, 5) is 10.9. The molecule has 14 heavy (non-hydrogen) atoms. The highest BCUT2D eigenvalue weighted by atomic mass is 16.5. The van der Waals surface area contributed by atoms with Crippen molar-refractivity contribution in [3.63, 3.8) is 0 Å². The first-order valence-electron chi connectivity index (χ1n) is 4.44. The molecule has 0 aromatic carbocycles. The van der Waals surface area contributed by atoms with Crippen LogP contribution in [0.4, 0.5) is 0 Å². The van der Waals surface area contributed by atoms with Gasteiger partial charge in [-0.25, -0.2) is 0 Å². The average molecular weight is 198 g/mol. The van der Waals surface area contributed by atoms with Crippen molar-refractivity contribution in [2.45, 2.75) is 13.5 Å². The van der Waals surface area contributed by atoms with Gasteiger partial charge in [-0.05, 0) is 6.92 Å². The summed E-state index contributed by atoms with van der Waals surface area (Å²) in [5.41, 5.74) is 0.803. The van der Waals surface area contributed by atoms with E-state index in [9.17, 15) is 4.79 Å². The highest BCUT2D eigenvalue weighted by molar-refractivity contribution is 5.71. The molecular weight excluding hydrogens is 184 g/mol. The molecule has 0 amide bonds. The first-order chi connectivity index (χ1) is 6.72. The summed E-state index contributed by atoms with van der Waals surface area (Å²) >= 11 is 0. The number of hydrogen-bond donors (Lipinski definition) is 1. The van der Waals surface area contributed by atoms with Gasteiger partial charge in [0.15, 0.2) is 0 Å². The summed E-state index contributed by atoms with van der Waals surface area (Å²) in [7, 11) is 1.79. The lowest BCUT2D eigenvalue weighted by Gasteiger charge is -2.01. The maximum Gasteiger partial charge on any atom is 0.319 e. The Bertz CT molecular complexity index is 297. The summed E-state index contributed by atoms with van der Waals surface area (Å²) in [6.07, 6.45) is 1.79. The Hall–Kier alpha value is -1.43. The van der Waals surface area contributed by atoms with E-state index < -0.39 is 0 Å². The van der Waals surface area contributed by atoms with E-state index in [0.29, 0.717) is 13.2 Å². The lowest BCUT2D eigenvalue weighted by atomic mass is 10.4. The molecule has 0 radical (unpaired) electrons. The quantitative estimate of drug-likeness (QED) is 0.644. The van der Waals surface area contributed by atoms with Gasteiger partial charge < -0.3 is 10.1 Å². The maximum atomic E-state index is 10.9. The Morgan fingerprint density at radius 3 is 3.07 bits per heavy atom. The van der Waals surface area contributed by atoms with Gasteiger partial charge in [0.1, 0.15) is 0 Å².